The fourth-order valence-electron chi connectivity index (χ4n) is 2.08. The minimum atomic E-state index is 0.892. The summed E-state index contributed by atoms with van der Waals surface area (Å²) >= 11 is 0. The zero-order chi connectivity index (χ0) is 12.8. The van der Waals surface area contributed by atoms with Crippen molar-refractivity contribution >= 4 is 0 Å². The largest absolute Gasteiger partial charge is 0.0885 e. The van der Waals surface area contributed by atoms with Crippen molar-refractivity contribution in [3.63, 3.8) is 0 Å². The van der Waals surface area contributed by atoms with Crippen molar-refractivity contribution in [1.82, 2.24) is 0 Å². The van der Waals surface area contributed by atoms with Gasteiger partial charge in [-0.2, -0.15) is 0 Å². The Bertz CT molecular complexity index is 155. The third kappa shape index (κ3) is 15.7. The van der Waals surface area contributed by atoms with Crippen molar-refractivity contribution < 1.29 is 0 Å². The summed E-state index contributed by atoms with van der Waals surface area (Å²) < 4.78 is 0. The van der Waals surface area contributed by atoms with E-state index in [9.17, 15) is 0 Å². The van der Waals surface area contributed by atoms with E-state index in [1.165, 1.54) is 70.6 Å². The highest BCUT2D eigenvalue weighted by Crippen LogP contribution is 2.12. The maximum absolute atomic E-state index is 2.38. The monoisotopic (exact) mass is 238 g/mol. The van der Waals surface area contributed by atoms with Crippen LogP contribution in [0.3, 0.4) is 0 Å². The van der Waals surface area contributed by atoms with Gasteiger partial charge in [0.1, 0.15) is 0 Å². The summed E-state index contributed by atoms with van der Waals surface area (Å²) in [6.45, 7) is 6.91. The molecule has 0 aromatic rings. The SMILES string of the molecule is CCCCC=CCCCCCCCCC(C)C. The van der Waals surface area contributed by atoms with Gasteiger partial charge in [-0.05, 0) is 25.2 Å². The Morgan fingerprint density at radius 1 is 0.706 bits per heavy atom. The van der Waals surface area contributed by atoms with Crippen molar-refractivity contribution in [1.29, 1.82) is 0 Å². The molecule has 0 aliphatic carbocycles. The molecule has 0 atom stereocenters. The van der Waals surface area contributed by atoms with E-state index in [2.05, 4.69) is 32.9 Å². The number of unbranched alkanes of at least 4 members (excludes halogenated alkanes) is 8. The Labute approximate surface area is 110 Å². The van der Waals surface area contributed by atoms with Crippen molar-refractivity contribution in [2.75, 3.05) is 0 Å². The number of allylic oxidation sites excluding steroid dienone is 2. The fraction of sp³-hybridized carbons (Fsp3) is 0.882. The highest BCUT2D eigenvalue weighted by molar-refractivity contribution is 4.81. The van der Waals surface area contributed by atoms with Crippen LogP contribution in [0.4, 0.5) is 0 Å². The summed E-state index contributed by atoms with van der Waals surface area (Å²) in [6, 6.07) is 0. The number of hydrogen-bond donors (Lipinski definition) is 0. The van der Waals surface area contributed by atoms with Crippen molar-refractivity contribution in [3.05, 3.63) is 12.2 Å². The minimum Gasteiger partial charge on any atom is -0.0885 e. The van der Waals surface area contributed by atoms with E-state index in [-0.39, 0.29) is 0 Å². The lowest BCUT2D eigenvalue weighted by atomic mass is 10.0. The van der Waals surface area contributed by atoms with Crippen LogP contribution >= 0.6 is 0 Å². The Morgan fingerprint density at radius 3 is 1.82 bits per heavy atom. The summed E-state index contributed by atoms with van der Waals surface area (Å²) in [5.41, 5.74) is 0. The molecule has 0 unspecified atom stereocenters. The van der Waals surface area contributed by atoms with Crippen LogP contribution in [0.2, 0.25) is 0 Å². The van der Waals surface area contributed by atoms with Crippen LogP contribution in [0.1, 0.15) is 91.4 Å². The molecule has 0 bridgehead atoms. The lowest BCUT2D eigenvalue weighted by Gasteiger charge is -2.03. The Morgan fingerprint density at radius 2 is 1.24 bits per heavy atom. The topological polar surface area (TPSA) is 0 Å². The molecule has 0 heterocycles. The van der Waals surface area contributed by atoms with E-state index in [0.717, 1.165) is 5.92 Å². The molecule has 0 nitrogen and oxygen atoms in total. The van der Waals surface area contributed by atoms with Crippen LogP contribution in [0, 0.1) is 5.92 Å². The van der Waals surface area contributed by atoms with Gasteiger partial charge in [-0.25, -0.2) is 0 Å². The third-order valence-electron chi connectivity index (χ3n) is 3.29. The molecule has 0 amide bonds. The molecule has 0 N–H and O–H groups in total. The molecule has 0 heteroatoms. The van der Waals surface area contributed by atoms with Crippen LogP contribution in [0.25, 0.3) is 0 Å². The lowest BCUT2D eigenvalue weighted by molar-refractivity contribution is 0.512. The van der Waals surface area contributed by atoms with Crippen LogP contribution < -0.4 is 0 Å². The van der Waals surface area contributed by atoms with Gasteiger partial charge in [-0.15, -0.1) is 0 Å². The first kappa shape index (κ1) is 16.7. The zero-order valence-corrected chi connectivity index (χ0v) is 12.5. The Balaban J connectivity index is 3.01. The van der Waals surface area contributed by atoms with Gasteiger partial charge < -0.3 is 0 Å². The molecule has 0 saturated carbocycles. The van der Waals surface area contributed by atoms with Gasteiger partial charge in [-0.1, -0.05) is 84.3 Å². The van der Waals surface area contributed by atoms with E-state index >= 15 is 0 Å². The smallest absolute Gasteiger partial charge is 0.0351 e. The normalized spacial score (nSPS) is 11.8. The molecular weight excluding hydrogens is 204 g/mol. The van der Waals surface area contributed by atoms with E-state index in [0.29, 0.717) is 0 Å². The maximum atomic E-state index is 2.38. The molecule has 0 aromatic heterocycles. The van der Waals surface area contributed by atoms with Gasteiger partial charge >= 0.3 is 0 Å². The molecule has 0 aliphatic heterocycles. The second-order valence-electron chi connectivity index (χ2n) is 5.71. The van der Waals surface area contributed by atoms with Gasteiger partial charge in [0.2, 0.25) is 0 Å². The first-order valence-electron chi connectivity index (χ1n) is 7.92. The molecule has 0 radical (unpaired) electrons. The molecule has 0 aromatic carbocycles. The predicted octanol–water partition coefficient (Wildman–Crippen LogP) is 6.51. The van der Waals surface area contributed by atoms with E-state index in [1.54, 1.807) is 0 Å². The number of rotatable bonds is 12. The standard InChI is InChI=1S/C17H34/c1-4-5-6-7-8-9-10-11-12-13-14-15-16-17(2)3/h7-8,17H,4-6,9-16H2,1-3H3. The van der Waals surface area contributed by atoms with E-state index in [1.807, 2.05) is 0 Å². The Hall–Kier alpha value is -0.260. The average Bonchev–Trinajstić information content (AvgIpc) is 2.30. The van der Waals surface area contributed by atoms with Gasteiger partial charge in [-0.3, -0.25) is 0 Å². The quantitative estimate of drug-likeness (QED) is 0.268. The van der Waals surface area contributed by atoms with Gasteiger partial charge in [0, 0.05) is 0 Å². The molecular formula is C17H34. The first-order chi connectivity index (χ1) is 8.27. The summed E-state index contributed by atoms with van der Waals surface area (Å²) in [6.07, 6.45) is 20.0. The highest BCUT2D eigenvalue weighted by atomic mass is 14.0. The van der Waals surface area contributed by atoms with Crippen molar-refractivity contribution in [2.45, 2.75) is 91.4 Å². The molecule has 0 fully saturated rings. The second kappa shape index (κ2) is 13.8. The van der Waals surface area contributed by atoms with Crippen LogP contribution in [0.5, 0.6) is 0 Å². The summed E-state index contributed by atoms with van der Waals surface area (Å²) in [5.74, 6) is 0.892. The lowest BCUT2D eigenvalue weighted by Crippen LogP contribution is -1.87. The van der Waals surface area contributed by atoms with Crippen molar-refractivity contribution in [2.24, 2.45) is 5.92 Å². The number of hydrogen-bond acceptors (Lipinski definition) is 0. The predicted molar refractivity (Wildman–Crippen MR) is 80.4 cm³/mol. The second-order valence-corrected chi connectivity index (χ2v) is 5.71. The van der Waals surface area contributed by atoms with Crippen molar-refractivity contribution in [3.8, 4) is 0 Å². The molecule has 0 spiro atoms. The van der Waals surface area contributed by atoms with Crippen LogP contribution in [-0.2, 0) is 0 Å². The Kier molecular flexibility index (Phi) is 13.6. The molecule has 0 aliphatic rings. The highest BCUT2D eigenvalue weighted by Gasteiger charge is 1.94. The van der Waals surface area contributed by atoms with Gasteiger partial charge in [0.15, 0.2) is 0 Å². The van der Waals surface area contributed by atoms with Gasteiger partial charge in [0.05, 0.1) is 0 Å². The zero-order valence-electron chi connectivity index (χ0n) is 12.5. The van der Waals surface area contributed by atoms with E-state index < -0.39 is 0 Å². The molecule has 0 rings (SSSR count). The molecule has 0 saturated heterocycles. The summed E-state index contributed by atoms with van der Waals surface area (Å²) in [5, 5.41) is 0. The van der Waals surface area contributed by atoms with Crippen LogP contribution in [-0.4, -0.2) is 0 Å². The fourth-order valence-corrected chi connectivity index (χ4v) is 2.08. The summed E-state index contributed by atoms with van der Waals surface area (Å²) in [4.78, 5) is 0. The van der Waals surface area contributed by atoms with E-state index in [4.69, 9.17) is 0 Å². The minimum absolute atomic E-state index is 0.892. The van der Waals surface area contributed by atoms with Gasteiger partial charge in [0.25, 0.3) is 0 Å². The maximum Gasteiger partial charge on any atom is -0.0351 e. The molecule has 17 heavy (non-hydrogen) atoms. The average molecular weight is 238 g/mol. The first-order valence-corrected chi connectivity index (χ1v) is 7.92. The summed E-state index contributed by atoms with van der Waals surface area (Å²) in [7, 11) is 0. The third-order valence-corrected chi connectivity index (χ3v) is 3.29. The van der Waals surface area contributed by atoms with Crippen LogP contribution in [0.15, 0.2) is 12.2 Å². The molecule has 102 valence electrons.